The van der Waals surface area contributed by atoms with E-state index in [-0.39, 0.29) is 24.5 Å². The van der Waals surface area contributed by atoms with Gasteiger partial charge >= 0.3 is 6.03 Å². The van der Waals surface area contributed by atoms with Crippen molar-refractivity contribution < 1.29 is 14.3 Å². The Hall–Kier alpha value is -1.62. The first-order chi connectivity index (χ1) is 11.7. The molecule has 0 aromatic heterocycles. The number of rotatable bonds is 4. The molecule has 1 atom stereocenters. The summed E-state index contributed by atoms with van der Waals surface area (Å²) in [5.74, 6) is 0.362. The van der Waals surface area contributed by atoms with Crippen molar-refractivity contribution in [3.63, 3.8) is 0 Å². The highest BCUT2D eigenvalue weighted by atomic mass is 19.1. The first kappa shape index (κ1) is 17.2. The van der Waals surface area contributed by atoms with Gasteiger partial charge in [0, 0.05) is 25.3 Å². The number of nitrogens with one attached hydrogen (secondary N) is 1. The molecule has 1 saturated carbocycles. The number of likely N-dealkylation sites (tertiary alicyclic amines) is 1. The number of aliphatic hydroxyl groups excluding tert-OH is 1. The highest BCUT2D eigenvalue weighted by Gasteiger charge is 2.31. The Kier molecular flexibility index (Phi) is 5.72. The number of hydrogen-bond acceptors (Lipinski definition) is 2. The van der Waals surface area contributed by atoms with E-state index in [1.54, 1.807) is 17.0 Å². The maximum Gasteiger partial charge on any atom is 0.317 e. The van der Waals surface area contributed by atoms with Crippen LogP contribution in [-0.4, -0.2) is 35.7 Å². The van der Waals surface area contributed by atoms with E-state index in [4.69, 9.17) is 0 Å². The Balaban J connectivity index is 1.70. The van der Waals surface area contributed by atoms with E-state index in [9.17, 15) is 14.3 Å². The number of halogens is 1. The first-order valence-electron chi connectivity index (χ1n) is 9.09. The lowest BCUT2D eigenvalue weighted by Crippen LogP contribution is -2.47. The van der Waals surface area contributed by atoms with Crippen molar-refractivity contribution in [3.8, 4) is 0 Å². The second kappa shape index (κ2) is 7.97. The van der Waals surface area contributed by atoms with Gasteiger partial charge in [0.05, 0.1) is 6.04 Å². The minimum atomic E-state index is -0.253. The van der Waals surface area contributed by atoms with Gasteiger partial charge in [0.2, 0.25) is 0 Å². The van der Waals surface area contributed by atoms with Crippen LogP contribution in [0.4, 0.5) is 9.18 Å². The zero-order valence-corrected chi connectivity index (χ0v) is 14.1. The molecule has 24 heavy (non-hydrogen) atoms. The van der Waals surface area contributed by atoms with Crippen LogP contribution in [0.15, 0.2) is 24.3 Å². The molecule has 2 fully saturated rings. The number of amides is 2. The maximum atomic E-state index is 14.3. The number of piperidine rings is 1. The number of urea groups is 1. The first-order valence-corrected chi connectivity index (χ1v) is 9.09. The van der Waals surface area contributed by atoms with Gasteiger partial charge in [0.15, 0.2) is 0 Å². The molecule has 2 amide bonds. The van der Waals surface area contributed by atoms with Gasteiger partial charge in [-0.05, 0) is 43.6 Å². The highest BCUT2D eigenvalue weighted by Crippen LogP contribution is 2.36. The molecular formula is C19H27FN2O2. The summed E-state index contributed by atoms with van der Waals surface area (Å²) in [6, 6.07) is 6.42. The molecule has 0 radical (unpaired) electrons. The van der Waals surface area contributed by atoms with Crippen molar-refractivity contribution in [2.75, 3.05) is 19.7 Å². The second-order valence-electron chi connectivity index (χ2n) is 7.11. The van der Waals surface area contributed by atoms with E-state index >= 15 is 0 Å². The van der Waals surface area contributed by atoms with Crippen LogP contribution in [-0.2, 0) is 0 Å². The molecule has 1 heterocycles. The largest absolute Gasteiger partial charge is 0.396 e. The van der Waals surface area contributed by atoms with E-state index in [1.165, 1.54) is 6.07 Å². The number of hydrogen-bond donors (Lipinski definition) is 2. The topological polar surface area (TPSA) is 52.6 Å². The molecule has 3 rings (SSSR count). The van der Waals surface area contributed by atoms with E-state index < -0.39 is 0 Å². The third-order valence-electron chi connectivity index (χ3n) is 5.55. The minimum absolute atomic E-state index is 0.105. The molecule has 132 valence electrons. The van der Waals surface area contributed by atoms with Gasteiger partial charge in [-0.25, -0.2) is 9.18 Å². The van der Waals surface area contributed by atoms with Gasteiger partial charge in [-0.1, -0.05) is 31.0 Å². The average molecular weight is 334 g/mol. The van der Waals surface area contributed by atoms with E-state index in [0.717, 1.165) is 38.5 Å². The molecule has 5 heteroatoms. The highest BCUT2D eigenvalue weighted by molar-refractivity contribution is 5.75. The predicted molar refractivity (Wildman–Crippen MR) is 91.0 cm³/mol. The molecular weight excluding hydrogens is 307 g/mol. The summed E-state index contributed by atoms with van der Waals surface area (Å²) in [7, 11) is 0. The molecule has 2 N–H and O–H groups in total. The molecule has 1 aromatic rings. The summed E-state index contributed by atoms with van der Waals surface area (Å²) in [4.78, 5) is 14.5. The SMILES string of the molecule is O=C(NC(c1ccccc1F)C1CCCC1)N1CCC(CO)CC1. The van der Waals surface area contributed by atoms with E-state index in [1.807, 2.05) is 6.07 Å². The second-order valence-corrected chi connectivity index (χ2v) is 7.11. The number of carbonyl (C=O) groups excluding carboxylic acids is 1. The summed E-state index contributed by atoms with van der Waals surface area (Å²) >= 11 is 0. The summed E-state index contributed by atoms with van der Waals surface area (Å²) in [6.45, 7) is 1.51. The quantitative estimate of drug-likeness (QED) is 0.886. The van der Waals surface area contributed by atoms with Crippen LogP contribution in [0.3, 0.4) is 0 Å². The number of nitrogens with zero attached hydrogens (tertiary/aromatic N) is 1. The lowest BCUT2D eigenvalue weighted by atomic mass is 9.91. The van der Waals surface area contributed by atoms with Crippen LogP contribution in [0.1, 0.15) is 50.1 Å². The molecule has 0 bridgehead atoms. The Morgan fingerprint density at radius 1 is 1.21 bits per heavy atom. The Morgan fingerprint density at radius 2 is 1.88 bits per heavy atom. The van der Waals surface area contributed by atoms with Crippen LogP contribution in [0.2, 0.25) is 0 Å². The fourth-order valence-corrected chi connectivity index (χ4v) is 4.01. The monoisotopic (exact) mass is 334 g/mol. The van der Waals surface area contributed by atoms with Crippen LogP contribution in [0.25, 0.3) is 0 Å². The lowest BCUT2D eigenvalue weighted by Gasteiger charge is -2.34. The lowest BCUT2D eigenvalue weighted by molar-refractivity contribution is 0.133. The molecule has 1 saturated heterocycles. The molecule has 2 aliphatic rings. The molecule has 4 nitrogen and oxygen atoms in total. The number of benzene rings is 1. The summed E-state index contributed by atoms with van der Waals surface area (Å²) in [5.41, 5.74) is 0.600. The summed E-state index contributed by atoms with van der Waals surface area (Å²) in [5, 5.41) is 12.3. The summed E-state index contributed by atoms with van der Waals surface area (Å²) in [6.07, 6.45) is 6.02. The molecule has 1 aliphatic carbocycles. The van der Waals surface area contributed by atoms with Crippen molar-refractivity contribution in [3.05, 3.63) is 35.6 Å². The fraction of sp³-hybridized carbons (Fsp3) is 0.632. The Labute approximate surface area is 143 Å². The van der Waals surface area contributed by atoms with Crippen molar-refractivity contribution in [2.24, 2.45) is 11.8 Å². The van der Waals surface area contributed by atoms with E-state index in [0.29, 0.717) is 30.5 Å². The average Bonchev–Trinajstić information content (AvgIpc) is 3.15. The van der Waals surface area contributed by atoms with Gasteiger partial charge in [0.1, 0.15) is 5.82 Å². The van der Waals surface area contributed by atoms with Crippen molar-refractivity contribution in [1.29, 1.82) is 0 Å². The third-order valence-corrected chi connectivity index (χ3v) is 5.55. The van der Waals surface area contributed by atoms with Gasteiger partial charge in [-0.2, -0.15) is 0 Å². The van der Waals surface area contributed by atoms with Crippen LogP contribution < -0.4 is 5.32 Å². The van der Waals surface area contributed by atoms with Crippen LogP contribution in [0, 0.1) is 17.7 Å². The standard InChI is InChI=1S/C19H27FN2O2/c20-17-8-4-3-7-16(17)18(15-5-1-2-6-15)21-19(24)22-11-9-14(13-23)10-12-22/h3-4,7-8,14-15,18,23H,1-2,5-6,9-13H2,(H,21,24). The zero-order valence-electron chi connectivity index (χ0n) is 14.1. The Bertz CT molecular complexity index is 552. The number of aliphatic hydroxyl groups is 1. The fourth-order valence-electron chi connectivity index (χ4n) is 4.01. The predicted octanol–water partition coefficient (Wildman–Crippen LogP) is 3.47. The number of carbonyl (C=O) groups is 1. The maximum absolute atomic E-state index is 14.3. The van der Waals surface area contributed by atoms with Crippen LogP contribution >= 0.6 is 0 Å². The minimum Gasteiger partial charge on any atom is -0.396 e. The normalized spacial score (nSPS) is 21.0. The molecule has 1 aromatic carbocycles. The van der Waals surface area contributed by atoms with Crippen LogP contribution in [0.5, 0.6) is 0 Å². The molecule has 0 spiro atoms. The summed E-state index contributed by atoms with van der Waals surface area (Å²) < 4.78 is 14.3. The van der Waals surface area contributed by atoms with Gasteiger partial charge in [-0.3, -0.25) is 0 Å². The third kappa shape index (κ3) is 3.89. The van der Waals surface area contributed by atoms with Gasteiger partial charge < -0.3 is 15.3 Å². The van der Waals surface area contributed by atoms with Crippen molar-refractivity contribution >= 4 is 6.03 Å². The smallest absolute Gasteiger partial charge is 0.317 e. The molecule has 1 unspecified atom stereocenters. The zero-order chi connectivity index (χ0) is 16.9. The van der Waals surface area contributed by atoms with E-state index in [2.05, 4.69) is 5.32 Å². The Morgan fingerprint density at radius 3 is 2.50 bits per heavy atom. The van der Waals surface area contributed by atoms with Crippen molar-refractivity contribution in [1.82, 2.24) is 10.2 Å². The van der Waals surface area contributed by atoms with Gasteiger partial charge in [0.25, 0.3) is 0 Å². The van der Waals surface area contributed by atoms with Crippen molar-refractivity contribution in [2.45, 2.75) is 44.6 Å². The molecule has 1 aliphatic heterocycles. The van der Waals surface area contributed by atoms with Gasteiger partial charge in [-0.15, -0.1) is 0 Å².